The lowest BCUT2D eigenvalue weighted by molar-refractivity contribution is 0.0943. The molecule has 0 spiro atoms. The molecule has 0 aliphatic rings. The maximum absolute atomic E-state index is 11.8. The molecular weight excluding hydrogens is 392 g/mol. The van der Waals surface area contributed by atoms with Gasteiger partial charge < -0.3 is 5.32 Å². The zero-order valence-electron chi connectivity index (χ0n) is 8.06. The molecule has 1 N–H and O–H groups in total. The molecule has 0 aliphatic carbocycles. The van der Waals surface area contributed by atoms with Crippen molar-refractivity contribution in [1.29, 1.82) is 0 Å². The Labute approximate surface area is 116 Å². The first-order chi connectivity index (χ1) is 7.04. The molecule has 0 bridgehead atoms. The van der Waals surface area contributed by atoms with E-state index in [0.29, 0.717) is 10.6 Å². The van der Waals surface area contributed by atoms with Crippen LogP contribution in [0.3, 0.4) is 0 Å². The van der Waals surface area contributed by atoms with E-state index in [1.807, 2.05) is 13.0 Å². The quantitative estimate of drug-likeness (QED) is 0.609. The zero-order valence-corrected chi connectivity index (χ0v) is 12.6. The van der Waals surface area contributed by atoms with E-state index in [1.54, 1.807) is 12.1 Å². The second kappa shape index (κ2) is 6.06. The molecule has 0 saturated heterocycles. The Bertz CT molecular complexity index is 372. The Hall–Kier alpha value is 0.190. The van der Waals surface area contributed by atoms with Crippen molar-refractivity contribution in [1.82, 2.24) is 5.32 Å². The summed E-state index contributed by atoms with van der Waals surface area (Å²) in [6.07, 6.45) is 0. The van der Waals surface area contributed by atoms with Gasteiger partial charge in [-0.1, -0.05) is 27.5 Å². The van der Waals surface area contributed by atoms with Crippen LogP contribution in [-0.2, 0) is 0 Å². The summed E-state index contributed by atoms with van der Waals surface area (Å²) in [6.45, 7) is 1.93. The fraction of sp³-hybridized carbons (Fsp3) is 0.300. The van der Waals surface area contributed by atoms with E-state index in [2.05, 4.69) is 43.8 Å². The predicted octanol–water partition coefficient (Wildman–Crippen LogP) is 3.46. The van der Waals surface area contributed by atoms with Gasteiger partial charge in [0, 0.05) is 20.0 Å². The number of nitrogens with one attached hydrogen (secondary N) is 1. The second-order valence-electron chi connectivity index (χ2n) is 3.15. The maximum atomic E-state index is 11.8. The minimum absolute atomic E-state index is 0.0890. The van der Waals surface area contributed by atoms with Crippen molar-refractivity contribution in [3.63, 3.8) is 0 Å². The molecule has 0 fully saturated rings. The Morgan fingerprint density at radius 1 is 1.67 bits per heavy atom. The number of hydrogen-bond acceptors (Lipinski definition) is 1. The van der Waals surface area contributed by atoms with Gasteiger partial charge in [0.25, 0.3) is 5.91 Å². The van der Waals surface area contributed by atoms with Crippen LogP contribution in [-0.4, -0.2) is 17.3 Å². The Kier molecular flexibility index (Phi) is 5.35. The van der Waals surface area contributed by atoms with Crippen molar-refractivity contribution in [3.05, 3.63) is 32.4 Å². The summed E-state index contributed by atoms with van der Waals surface area (Å²) in [6, 6.07) is 5.39. The summed E-state index contributed by atoms with van der Waals surface area (Å²) < 4.78 is 0.899. The van der Waals surface area contributed by atoms with Gasteiger partial charge in [-0.2, -0.15) is 0 Å². The van der Waals surface area contributed by atoms with Gasteiger partial charge in [0.15, 0.2) is 0 Å². The lowest BCUT2D eigenvalue weighted by Gasteiger charge is -2.11. The minimum atomic E-state index is -0.0890. The number of carbonyl (C=O) groups is 1. The van der Waals surface area contributed by atoms with Crippen LogP contribution in [0.1, 0.15) is 17.3 Å². The summed E-state index contributed by atoms with van der Waals surface area (Å²) in [5.74, 6) is -0.0890. The van der Waals surface area contributed by atoms with Gasteiger partial charge in [-0.25, -0.2) is 0 Å². The van der Waals surface area contributed by atoms with Crippen LogP contribution in [0.2, 0.25) is 5.02 Å². The van der Waals surface area contributed by atoms with Gasteiger partial charge in [0.1, 0.15) is 0 Å². The highest BCUT2D eigenvalue weighted by atomic mass is 127. The van der Waals surface area contributed by atoms with E-state index in [4.69, 9.17) is 11.6 Å². The van der Waals surface area contributed by atoms with Gasteiger partial charge in [-0.15, -0.1) is 0 Å². The molecule has 5 heteroatoms. The zero-order chi connectivity index (χ0) is 11.4. The van der Waals surface area contributed by atoms with E-state index in [9.17, 15) is 4.79 Å². The number of alkyl halides is 1. The van der Waals surface area contributed by atoms with Crippen molar-refractivity contribution >= 4 is 56.0 Å². The molecule has 1 aromatic rings. The first-order valence-electron chi connectivity index (χ1n) is 4.36. The molecule has 1 rings (SSSR count). The van der Waals surface area contributed by atoms with Gasteiger partial charge in [-0.3, -0.25) is 4.79 Å². The number of hydrogen-bond donors (Lipinski definition) is 1. The highest BCUT2D eigenvalue weighted by Crippen LogP contribution is 2.17. The number of carbonyl (C=O) groups excluding carboxylic acids is 1. The van der Waals surface area contributed by atoms with Gasteiger partial charge in [-0.05, 0) is 47.7 Å². The van der Waals surface area contributed by atoms with Crippen LogP contribution in [0.5, 0.6) is 0 Å². The SMILES string of the molecule is CC(CBr)NC(=O)c1cc(Cl)ccc1I. The Morgan fingerprint density at radius 3 is 2.93 bits per heavy atom. The predicted molar refractivity (Wildman–Crippen MR) is 74.9 cm³/mol. The molecule has 1 unspecified atom stereocenters. The number of benzene rings is 1. The van der Waals surface area contributed by atoms with E-state index in [-0.39, 0.29) is 11.9 Å². The van der Waals surface area contributed by atoms with E-state index >= 15 is 0 Å². The molecule has 0 radical (unpaired) electrons. The number of rotatable bonds is 3. The summed E-state index contributed by atoms with van der Waals surface area (Å²) >= 11 is 11.3. The van der Waals surface area contributed by atoms with E-state index < -0.39 is 0 Å². The molecule has 0 aliphatic heterocycles. The Balaban J connectivity index is 2.86. The van der Waals surface area contributed by atoms with Crippen molar-refractivity contribution in [3.8, 4) is 0 Å². The largest absolute Gasteiger partial charge is 0.349 e. The standard InChI is InChI=1S/C10H10BrClINO/c1-6(5-11)14-10(15)8-4-7(12)2-3-9(8)13/h2-4,6H,5H2,1H3,(H,14,15). The fourth-order valence-corrected chi connectivity index (χ4v) is 1.93. The minimum Gasteiger partial charge on any atom is -0.349 e. The molecule has 0 saturated carbocycles. The molecule has 0 aromatic heterocycles. The van der Waals surface area contributed by atoms with Crippen LogP contribution < -0.4 is 5.32 Å². The van der Waals surface area contributed by atoms with E-state index in [1.165, 1.54) is 0 Å². The summed E-state index contributed by atoms with van der Waals surface area (Å²) in [7, 11) is 0. The molecule has 2 nitrogen and oxygen atoms in total. The van der Waals surface area contributed by atoms with Gasteiger partial charge in [0.05, 0.1) is 5.56 Å². The molecular formula is C10H10BrClINO. The van der Waals surface area contributed by atoms with Crippen LogP contribution in [0.4, 0.5) is 0 Å². The molecule has 82 valence electrons. The van der Waals surface area contributed by atoms with Gasteiger partial charge in [0.2, 0.25) is 0 Å². The second-order valence-corrected chi connectivity index (χ2v) is 5.40. The normalized spacial score (nSPS) is 12.3. The average Bonchev–Trinajstić information content (AvgIpc) is 2.21. The molecule has 1 atom stereocenters. The molecule has 15 heavy (non-hydrogen) atoms. The molecule has 1 amide bonds. The third kappa shape index (κ3) is 3.92. The maximum Gasteiger partial charge on any atom is 0.252 e. The average molecular weight is 402 g/mol. The van der Waals surface area contributed by atoms with Gasteiger partial charge >= 0.3 is 0 Å². The van der Waals surface area contributed by atoms with Crippen molar-refractivity contribution in [2.45, 2.75) is 13.0 Å². The van der Waals surface area contributed by atoms with Crippen molar-refractivity contribution in [2.24, 2.45) is 0 Å². The summed E-state index contributed by atoms with van der Waals surface area (Å²) in [5, 5.41) is 4.17. The number of halogens is 3. The number of amides is 1. The van der Waals surface area contributed by atoms with Crippen LogP contribution in [0, 0.1) is 3.57 Å². The highest BCUT2D eigenvalue weighted by molar-refractivity contribution is 14.1. The molecule has 0 heterocycles. The summed E-state index contributed by atoms with van der Waals surface area (Å²) in [4.78, 5) is 11.8. The fourth-order valence-electron chi connectivity index (χ4n) is 1.01. The topological polar surface area (TPSA) is 29.1 Å². The third-order valence-corrected chi connectivity index (χ3v) is 3.93. The van der Waals surface area contributed by atoms with E-state index in [0.717, 1.165) is 8.90 Å². The smallest absolute Gasteiger partial charge is 0.252 e. The Morgan fingerprint density at radius 2 is 2.33 bits per heavy atom. The monoisotopic (exact) mass is 401 g/mol. The summed E-state index contributed by atoms with van der Waals surface area (Å²) in [5.41, 5.74) is 0.621. The lowest BCUT2D eigenvalue weighted by atomic mass is 10.2. The lowest BCUT2D eigenvalue weighted by Crippen LogP contribution is -2.34. The van der Waals surface area contributed by atoms with Crippen molar-refractivity contribution in [2.75, 3.05) is 5.33 Å². The third-order valence-electron chi connectivity index (χ3n) is 1.78. The van der Waals surface area contributed by atoms with Crippen LogP contribution >= 0.6 is 50.1 Å². The van der Waals surface area contributed by atoms with Crippen molar-refractivity contribution < 1.29 is 4.79 Å². The molecule has 1 aromatic carbocycles. The van der Waals surface area contributed by atoms with Crippen LogP contribution in [0.15, 0.2) is 18.2 Å². The first kappa shape index (κ1) is 13.3. The van der Waals surface area contributed by atoms with Crippen LogP contribution in [0.25, 0.3) is 0 Å². The first-order valence-corrected chi connectivity index (χ1v) is 6.94. The highest BCUT2D eigenvalue weighted by Gasteiger charge is 2.12.